The molecule has 14 heteroatoms. The van der Waals surface area contributed by atoms with E-state index in [1.54, 1.807) is 23.3 Å². The third kappa shape index (κ3) is 4.87. The molecule has 5 N–H and O–H groups in total. The van der Waals surface area contributed by atoms with Crippen LogP contribution in [0.1, 0.15) is 31.7 Å². The average Bonchev–Trinajstić information content (AvgIpc) is 3.66. The first kappa shape index (κ1) is 25.1. The lowest BCUT2D eigenvalue weighted by Gasteiger charge is -2.40. The molecule has 14 nitrogen and oxygen atoms in total. The van der Waals surface area contributed by atoms with Gasteiger partial charge in [0.15, 0.2) is 12.4 Å². The normalized spacial score (nSPS) is 28.1. The molecule has 0 amide bonds. The number of aliphatic hydroxyl groups excluding tert-OH is 3. The molecule has 0 spiro atoms. The number of aromatic nitrogens is 5. The quantitative estimate of drug-likeness (QED) is 0.279. The van der Waals surface area contributed by atoms with E-state index < -0.39 is 49.2 Å². The lowest BCUT2D eigenvalue weighted by molar-refractivity contribution is -0.346. The molecule has 1 saturated heterocycles. The van der Waals surface area contributed by atoms with E-state index in [9.17, 15) is 25.4 Å². The fourth-order valence-electron chi connectivity index (χ4n) is 5.09. The Morgan fingerprint density at radius 2 is 1.95 bits per heavy atom. The summed E-state index contributed by atoms with van der Waals surface area (Å²) in [6.07, 6.45) is -1.70. The van der Waals surface area contributed by atoms with Crippen LogP contribution in [0.2, 0.25) is 0 Å². The number of nitriles is 1. The van der Waals surface area contributed by atoms with Crippen LogP contribution in [-0.2, 0) is 14.2 Å². The lowest BCUT2D eigenvalue weighted by Crippen LogP contribution is -2.60. The molecule has 1 aliphatic heterocycles. The van der Waals surface area contributed by atoms with Crippen LogP contribution in [0.15, 0.2) is 31.0 Å². The summed E-state index contributed by atoms with van der Waals surface area (Å²) in [5.74, 6) is 0.0115. The largest absolute Gasteiger partial charge is 0.508 e. The van der Waals surface area contributed by atoms with Gasteiger partial charge < -0.3 is 39.6 Å². The highest BCUT2D eigenvalue weighted by Gasteiger charge is 2.48. The van der Waals surface area contributed by atoms with Gasteiger partial charge in [-0.25, -0.2) is 14.8 Å². The van der Waals surface area contributed by atoms with Crippen molar-refractivity contribution in [2.24, 2.45) is 5.92 Å². The Balaban J connectivity index is 1.43. The van der Waals surface area contributed by atoms with Gasteiger partial charge in [0.2, 0.25) is 6.29 Å². The lowest BCUT2D eigenvalue weighted by atomic mass is 9.93. The summed E-state index contributed by atoms with van der Waals surface area (Å²) in [6, 6.07) is 3.36. The van der Waals surface area contributed by atoms with Crippen LogP contribution in [0.4, 0.5) is 4.79 Å². The van der Waals surface area contributed by atoms with Gasteiger partial charge in [-0.05, 0) is 24.8 Å². The predicted molar refractivity (Wildman–Crippen MR) is 122 cm³/mol. The van der Waals surface area contributed by atoms with E-state index in [1.807, 2.05) is 6.07 Å². The summed E-state index contributed by atoms with van der Waals surface area (Å²) < 4.78 is 17.2. The zero-order valence-electron chi connectivity index (χ0n) is 19.5. The van der Waals surface area contributed by atoms with E-state index in [2.05, 4.69) is 30.9 Å². The number of aromatic amines is 1. The summed E-state index contributed by atoms with van der Waals surface area (Å²) in [7, 11) is 0. The van der Waals surface area contributed by atoms with Crippen molar-refractivity contribution in [3.05, 3.63) is 31.0 Å². The highest BCUT2D eigenvalue weighted by atomic mass is 16.8. The smallest absolute Gasteiger partial charge is 0.450 e. The number of aliphatic hydroxyl groups is 3. The molecule has 0 aromatic carbocycles. The Morgan fingerprint density at radius 1 is 1.19 bits per heavy atom. The second-order valence-electron chi connectivity index (χ2n) is 9.12. The van der Waals surface area contributed by atoms with E-state index >= 15 is 0 Å². The Bertz CT molecular complexity index is 1280. The Kier molecular flexibility index (Phi) is 7.04. The highest BCUT2D eigenvalue weighted by Crippen LogP contribution is 2.39. The number of carbonyl (C=O) groups is 1. The number of hydrogen-bond acceptors (Lipinski definition) is 11. The minimum absolute atomic E-state index is 0.0115. The van der Waals surface area contributed by atoms with Gasteiger partial charge in [-0.1, -0.05) is 12.8 Å². The van der Waals surface area contributed by atoms with Crippen LogP contribution in [0, 0.1) is 17.2 Å². The molecule has 3 aromatic heterocycles. The zero-order valence-corrected chi connectivity index (χ0v) is 19.5. The fourth-order valence-corrected chi connectivity index (χ4v) is 5.09. The van der Waals surface area contributed by atoms with Crippen LogP contribution in [0.25, 0.3) is 22.3 Å². The van der Waals surface area contributed by atoms with Crippen molar-refractivity contribution >= 4 is 17.2 Å². The first-order valence-electron chi connectivity index (χ1n) is 11.8. The van der Waals surface area contributed by atoms with Crippen LogP contribution in [0.3, 0.4) is 0 Å². The number of fused-ring (bicyclic) bond motifs is 1. The van der Waals surface area contributed by atoms with Crippen molar-refractivity contribution in [1.29, 1.82) is 5.26 Å². The van der Waals surface area contributed by atoms with E-state index in [4.69, 9.17) is 14.6 Å². The van der Waals surface area contributed by atoms with E-state index in [0.29, 0.717) is 16.9 Å². The predicted octanol–water partition coefficient (Wildman–Crippen LogP) is 0.921. The molecule has 7 unspecified atom stereocenters. The number of carboxylic acid groups (broad SMARTS) is 1. The SMILES string of the molecule is N#CC(OC1OC(OC(=O)O)C(O)C(O)C1O)C(C1CCCC1)n1cc(-c2ncnc3[nH]ccc23)cn1. The van der Waals surface area contributed by atoms with Crippen LogP contribution in [0.5, 0.6) is 0 Å². The molecule has 2 fully saturated rings. The maximum absolute atomic E-state index is 11.0. The topological polar surface area (TPSA) is 209 Å². The summed E-state index contributed by atoms with van der Waals surface area (Å²) >= 11 is 0. The third-order valence-corrected chi connectivity index (χ3v) is 6.88. The molecule has 0 radical (unpaired) electrons. The standard InChI is InChI=1S/C23H26N6O8/c24-7-14(35-21-18(31)17(30)19(32)22(36-21)37-23(33)34)16(11-3-1-2-4-11)29-9-12(8-28-29)15-13-5-6-25-20(13)27-10-26-15/h5-6,8-11,14,16-19,21-22,30-32H,1-4H2,(H,33,34)(H,25,26,27). The minimum atomic E-state index is -1.84. The van der Waals surface area contributed by atoms with Crippen molar-refractivity contribution in [2.75, 3.05) is 0 Å². The number of hydrogen-bond donors (Lipinski definition) is 5. The molecular formula is C23H26N6O8. The number of H-pyrrole nitrogens is 1. The molecule has 1 aliphatic carbocycles. The number of ether oxygens (including phenoxy) is 3. The molecule has 4 heterocycles. The second kappa shape index (κ2) is 10.4. The van der Waals surface area contributed by atoms with Crippen molar-refractivity contribution in [3.63, 3.8) is 0 Å². The Hall–Kier alpha value is -3.61. The molecule has 196 valence electrons. The Morgan fingerprint density at radius 3 is 2.68 bits per heavy atom. The number of rotatable bonds is 7. The van der Waals surface area contributed by atoms with E-state index in [0.717, 1.165) is 31.1 Å². The van der Waals surface area contributed by atoms with Gasteiger partial charge in [-0.2, -0.15) is 10.4 Å². The molecule has 2 aliphatic rings. The molecule has 7 atom stereocenters. The number of nitrogens with zero attached hydrogens (tertiary/aromatic N) is 5. The molecule has 37 heavy (non-hydrogen) atoms. The summed E-state index contributed by atoms with van der Waals surface area (Å²) in [5.41, 5.74) is 2.04. The van der Waals surface area contributed by atoms with E-state index in [-0.39, 0.29) is 5.92 Å². The van der Waals surface area contributed by atoms with Gasteiger partial charge in [0.25, 0.3) is 0 Å². The highest BCUT2D eigenvalue weighted by molar-refractivity contribution is 5.89. The molecule has 0 bridgehead atoms. The summed E-state index contributed by atoms with van der Waals surface area (Å²) in [6.45, 7) is 0. The van der Waals surface area contributed by atoms with Gasteiger partial charge in [-0.15, -0.1) is 0 Å². The molecule has 3 aromatic rings. The monoisotopic (exact) mass is 514 g/mol. The summed E-state index contributed by atoms with van der Waals surface area (Å²) in [5, 5.41) is 55.0. The Labute approximate surface area is 210 Å². The third-order valence-electron chi connectivity index (χ3n) is 6.88. The minimum Gasteiger partial charge on any atom is -0.450 e. The van der Waals surface area contributed by atoms with Crippen molar-refractivity contribution in [3.8, 4) is 17.3 Å². The molecule has 1 saturated carbocycles. The molecular weight excluding hydrogens is 488 g/mol. The second-order valence-corrected chi connectivity index (χ2v) is 9.12. The zero-order chi connectivity index (χ0) is 26.1. The van der Waals surface area contributed by atoms with Crippen LogP contribution in [-0.4, -0.2) is 88.3 Å². The van der Waals surface area contributed by atoms with Gasteiger partial charge in [0.1, 0.15) is 30.3 Å². The van der Waals surface area contributed by atoms with Gasteiger partial charge >= 0.3 is 6.16 Å². The van der Waals surface area contributed by atoms with Crippen LogP contribution < -0.4 is 0 Å². The fraction of sp³-hybridized carbons (Fsp3) is 0.522. The van der Waals surface area contributed by atoms with Crippen molar-refractivity contribution < 1.29 is 39.4 Å². The number of nitrogens with one attached hydrogen (secondary N) is 1. The van der Waals surface area contributed by atoms with Crippen molar-refractivity contribution in [1.82, 2.24) is 24.7 Å². The van der Waals surface area contributed by atoms with Crippen molar-refractivity contribution in [2.45, 2.75) is 68.7 Å². The van der Waals surface area contributed by atoms with Gasteiger partial charge in [0, 0.05) is 23.3 Å². The van der Waals surface area contributed by atoms with Gasteiger partial charge in [-0.3, -0.25) is 4.68 Å². The van der Waals surface area contributed by atoms with Crippen LogP contribution >= 0.6 is 0 Å². The maximum Gasteiger partial charge on any atom is 0.508 e. The average molecular weight is 514 g/mol. The van der Waals surface area contributed by atoms with E-state index in [1.165, 1.54) is 6.33 Å². The summed E-state index contributed by atoms with van der Waals surface area (Å²) in [4.78, 5) is 22.6. The maximum atomic E-state index is 11.0. The first-order valence-corrected chi connectivity index (χ1v) is 11.8. The first-order chi connectivity index (χ1) is 17.9. The van der Waals surface area contributed by atoms with Gasteiger partial charge in [0.05, 0.1) is 24.0 Å². The molecule has 5 rings (SSSR count).